The van der Waals surface area contributed by atoms with Gasteiger partial charge in [-0.15, -0.1) is 0 Å². The number of aliphatic hydroxyl groups excluding tert-OH is 1. The van der Waals surface area contributed by atoms with Crippen molar-refractivity contribution in [3.05, 3.63) is 30.3 Å². The van der Waals surface area contributed by atoms with E-state index in [2.05, 4.69) is 20.8 Å². The zero-order valence-corrected chi connectivity index (χ0v) is 16.1. The van der Waals surface area contributed by atoms with Crippen LogP contribution < -0.4 is 4.74 Å². The van der Waals surface area contributed by atoms with E-state index in [0.717, 1.165) is 12.8 Å². The van der Waals surface area contributed by atoms with Gasteiger partial charge in [-0.2, -0.15) is 0 Å². The van der Waals surface area contributed by atoms with Gasteiger partial charge in [0, 0.05) is 25.9 Å². The highest BCUT2D eigenvalue weighted by Gasteiger charge is 2.46. The Hall–Kier alpha value is -1.59. The van der Waals surface area contributed by atoms with Crippen LogP contribution in [0.1, 0.15) is 46.5 Å². The Kier molecular flexibility index (Phi) is 5.58. The zero-order valence-electron chi connectivity index (χ0n) is 16.1. The minimum absolute atomic E-state index is 0.00484. The molecule has 2 saturated heterocycles. The summed E-state index contributed by atoms with van der Waals surface area (Å²) >= 11 is 0. The molecule has 2 aliphatic heterocycles. The van der Waals surface area contributed by atoms with Crippen LogP contribution >= 0.6 is 0 Å². The molecule has 0 saturated carbocycles. The Bertz CT molecular complexity index is 602. The van der Waals surface area contributed by atoms with Crippen LogP contribution in [0.25, 0.3) is 0 Å². The maximum absolute atomic E-state index is 12.4. The number of nitrogens with zero attached hydrogens (tertiary/aromatic N) is 1. The van der Waals surface area contributed by atoms with Gasteiger partial charge in [0.2, 0.25) is 0 Å². The van der Waals surface area contributed by atoms with E-state index in [9.17, 15) is 9.90 Å². The Labute approximate surface area is 156 Å². The van der Waals surface area contributed by atoms with Crippen molar-refractivity contribution in [2.24, 2.45) is 5.41 Å². The number of piperidine rings is 1. The monoisotopic (exact) mass is 361 g/mol. The number of hydrogen-bond donors (Lipinski definition) is 1. The molecule has 0 radical (unpaired) electrons. The third-order valence-corrected chi connectivity index (χ3v) is 5.58. The molecule has 1 spiro atoms. The van der Waals surface area contributed by atoms with E-state index in [1.54, 1.807) is 0 Å². The van der Waals surface area contributed by atoms with Crippen molar-refractivity contribution in [1.29, 1.82) is 0 Å². The van der Waals surface area contributed by atoms with Crippen molar-refractivity contribution in [2.45, 2.75) is 64.3 Å². The summed E-state index contributed by atoms with van der Waals surface area (Å²) in [5, 5.41) is 10.4. The largest absolute Gasteiger partial charge is 0.484 e. The molecule has 0 unspecified atom stereocenters. The lowest BCUT2D eigenvalue weighted by Crippen LogP contribution is -2.56. The van der Waals surface area contributed by atoms with Gasteiger partial charge < -0.3 is 19.5 Å². The molecule has 0 aromatic heterocycles. The number of amides is 1. The Morgan fingerprint density at radius 1 is 1.27 bits per heavy atom. The molecule has 0 aliphatic carbocycles. The SMILES string of the molecule is CC(C)(C)[C@H]1C[C@@H](O)CC2(CCN(C(=O)COc3ccccc3)CC2)O1. The smallest absolute Gasteiger partial charge is 0.260 e. The second kappa shape index (κ2) is 7.57. The first-order valence-corrected chi connectivity index (χ1v) is 9.59. The molecule has 144 valence electrons. The van der Waals surface area contributed by atoms with E-state index in [0.29, 0.717) is 31.7 Å². The Morgan fingerprint density at radius 3 is 2.54 bits per heavy atom. The molecule has 0 bridgehead atoms. The van der Waals surface area contributed by atoms with Crippen molar-refractivity contribution in [3.8, 4) is 5.75 Å². The van der Waals surface area contributed by atoms with Crippen LogP contribution in [0.15, 0.2) is 30.3 Å². The van der Waals surface area contributed by atoms with Crippen LogP contribution in [0.4, 0.5) is 0 Å². The molecule has 2 aliphatic rings. The fourth-order valence-electron chi connectivity index (χ4n) is 3.93. The van der Waals surface area contributed by atoms with Crippen molar-refractivity contribution in [3.63, 3.8) is 0 Å². The number of para-hydroxylation sites is 1. The Balaban J connectivity index is 1.53. The van der Waals surface area contributed by atoms with Crippen molar-refractivity contribution in [1.82, 2.24) is 4.90 Å². The number of benzene rings is 1. The van der Waals surface area contributed by atoms with Gasteiger partial charge in [-0.3, -0.25) is 4.79 Å². The third-order valence-electron chi connectivity index (χ3n) is 5.58. The number of ether oxygens (including phenoxy) is 2. The summed E-state index contributed by atoms with van der Waals surface area (Å²) in [6.07, 6.45) is 2.63. The van der Waals surface area contributed by atoms with Gasteiger partial charge in [0.15, 0.2) is 6.61 Å². The summed E-state index contributed by atoms with van der Waals surface area (Å²) in [5.74, 6) is 0.716. The first kappa shape index (κ1) is 19.2. The molecule has 1 amide bonds. The van der Waals surface area contributed by atoms with E-state index in [1.807, 2.05) is 35.2 Å². The summed E-state index contributed by atoms with van der Waals surface area (Å²) in [4.78, 5) is 14.3. The molecule has 5 nitrogen and oxygen atoms in total. The van der Waals surface area contributed by atoms with Gasteiger partial charge >= 0.3 is 0 Å². The van der Waals surface area contributed by atoms with E-state index < -0.39 is 0 Å². The molecule has 2 atom stereocenters. The molecule has 1 aromatic carbocycles. The maximum atomic E-state index is 12.4. The summed E-state index contributed by atoms with van der Waals surface area (Å²) < 4.78 is 12.1. The molecule has 2 heterocycles. The number of carbonyl (C=O) groups excluding carboxylic acids is 1. The number of hydrogen-bond acceptors (Lipinski definition) is 4. The van der Waals surface area contributed by atoms with Gasteiger partial charge in [0.1, 0.15) is 5.75 Å². The van der Waals surface area contributed by atoms with Crippen LogP contribution in [-0.4, -0.2) is 53.4 Å². The van der Waals surface area contributed by atoms with Crippen molar-refractivity contribution in [2.75, 3.05) is 19.7 Å². The fourth-order valence-corrected chi connectivity index (χ4v) is 3.93. The van der Waals surface area contributed by atoms with Gasteiger partial charge in [-0.25, -0.2) is 0 Å². The first-order chi connectivity index (χ1) is 12.3. The van der Waals surface area contributed by atoms with E-state index in [-0.39, 0.29) is 35.7 Å². The minimum atomic E-state index is -0.323. The van der Waals surface area contributed by atoms with Gasteiger partial charge in [-0.05, 0) is 30.4 Å². The summed E-state index contributed by atoms with van der Waals surface area (Å²) in [6.45, 7) is 7.83. The van der Waals surface area contributed by atoms with Crippen LogP contribution in [0, 0.1) is 5.41 Å². The first-order valence-electron chi connectivity index (χ1n) is 9.59. The molecule has 26 heavy (non-hydrogen) atoms. The molecular formula is C21H31NO4. The second-order valence-electron chi connectivity index (χ2n) is 8.73. The Morgan fingerprint density at radius 2 is 1.92 bits per heavy atom. The van der Waals surface area contributed by atoms with Crippen molar-refractivity contribution >= 4 is 5.91 Å². The average Bonchev–Trinajstić information content (AvgIpc) is 2.60. The quantitative estimate of drug-likeness (QED) is 0.899. The third kappa shape index (κ3) is 4.57. The molecule has 1 N–H and O–H groups in total. The van der Waals surface area contributed by atoms with E-state index in [1.165, 1.54) is 0 Å². The summed E-state index contributed by atoms with van der Waals surface area (Å²) in [7, 11) is 0. The predicted molar refractivity (Wildman–Crippen MR) is 100 cm³/mol. The predicted octanol–water partition coefficient (Wildman–Crippen LogP) is 3.01. The normalized spacial score (nSPS) is 25.9. The lowest BCUT2D eigenvalue weighted by Gasteiger charge is -2.50. The number of rotatable bonds is 3. The van der Waals surface area contributed by atoms with Gasteiger partial charge in [-0.1, -0.05) is 39.0 Å². The van der Waals surface area contributed by atoms with Crippen LogP contribution in [-0.2, 0) is 9.53 Å². The fraction of sp³-hybridized carbons (Fsp3) is 0.667. The number of likely N-dealkylation sites (tertiary alicyclic amines) is 1. The highest BCUT2D eigenvalue weighted by Crippen LogP contribution is 2.42. The maximum Gasteiger partial charge on any atom is 0.260 e. The lowest BCUT2D eigenvalue weighted by molar-refractivity contribution is -0.208. The van der Waals surface area contributed by atoms with Crippen LogP contribution in [0.3, 0.4) is 0 Å². The molecule has 3 rings (SSSR count). The molecular weight excluding hydrogens is 330 g/mol. The summed E-state index contributed by atoms with van der Waals surface area (Å²) in [6, 6.07) is 9.40. The topological polar surface area (TPSA) is 59.0 Å². The highest BCUT2D eigenvalue weighted by molar-refractivity contribution is 5.77. The zero-order chi connectivity index (χ0) is 18.8. The molecule has 2 fully saturated rings. The second-order valence-corrected chi connectivity index (χ2v) is 8.73. The van der Waals surface area contributed by atoms with Gasteiger partial charge in [0.05, 0.1) is 17.8 Å². The number of aliphatic hydroxyl groups is 1. The van der Waals surface area contributed by atoms with Crippen LogP contribution in [0.2, 0.25) is 0 Å². The average molecular weight is 361 g/mol. The van der Waals surface area contributed by atoms with Crippen molar-refractivity contribution < 1.29 is 19.4 Å². The van der Waals surface area contributed by atoms with E-state index in [4.69, 9.17) is 9.47 Å². The lowest BCUT2D eigenvalue weighted by atomic mass is 9.76. The standard InChI is InChI=1S/C21H31NO4/c1-20(2,3)18-13-16(23)14-21(26-18)9-11-22(12-10-21)19(24)15-25-17-7-5-4-6-8-17/h4-8,16,18,23H,9-15H2,1-3H3/t16-,18-/m1/s1. The summed E-state index contributed by atoms with van der Waals surface area (Å²) in [5.41, 5.74) is -0.294. The highest BCUT2D eigenvalue weighted by atomic mass is 16.5. The molecule has 5 heteroatoms. The number of carbonyl (C=O) groups is 1. The van der Waals surface area contributed by atoms with Crippen LogP contribution in [0.5, 0.6) is 5.75 Å². The van der Waals surface area contributed by atoms with Gasteiger partial charge in [0.25, 0.3) is 5.91 Å². The molecule has 1 aromatic rings. The van der Waals surface area contributed by atoms with E-state index >= 15 is 0 Å². The minimum Gasteiger partial charge on any atom is -0.484 e.